The van der Waals surface area contributed by atoms with Crippen LogP contribution in [0.25, 0.3) is 0 Å². The molecule has 9 heteroatoms. The van der Waals surface area contributed by atoms with Gasteiger partial charge in [-0.15, -0.1) is 0 Å². The average molecular weight is 398 g/mol. The van der Waals surface area contributed by atoms with Crippen LogP contribution in [-0.4, -0.2) is 34.4 Å². The Kier molecular flexibility index (Phi) is 5.40. The Bertz CT molecular complexity index is 583. The van der Waals surface area contributed by atoms with Crippen molar-refractivity contribution in [3.05, 3.63) is 15.9 Å². The van der Waals surface area contributed by atoms with Crippen LogP contribution < -0.4 is 5.32 Å². The monoisotopic (exact) mass is 397 g/mol. The highest BCUT2D eigenvalue weighted by Gasteiger charge is 2.39. The summed E-state index contributed by atoms with van der Waals surface area (Å²) in [6.45, 7) is 5.50. The first-order chi connectivity index (χ1) is 10.6. The van der Waals surface area contributed by atoms with Crippen LogP contribution in [0, 0.1) is 6.92 Å². The molecule has 1 amide bonds. The molecule has 1 aromatic heterocycles. The Morgan fingerprint density at radius 2 is 2.13 bits per heavy atom. The van der Waals surface area contributed by atoms with Gasteiger partial charge in [-0.2, -0.15) is 18.3 Å². The number of nitrogens with zero attached hydrogens (tertiary/aromatic N) is 2. The van der Waals surface area contributed by atoms with Crippen LogP contribution in [0.5, 0.6) is 0 Å². The van der Waals surface area contributed by atoms with E-state index >= 15 is 0 Å². The molecule has 23 heavy (non-hydrogen) atoms. The fourth-order valence-corrected chi connectivity index (χ4v) is 3.09. The van der Waals surface area contributed by atoms with Crippen molar-refractivity contribution in [3.63, 3.8) is 0 Å². The fourth-order valence-electron chi connectivity index (χ4n) is 2.60. The molecule has 1 N–H and O–H groups in total. The van der Waals surface area contributed by atoms with Crippen molar-refractivity contribution in [2.45, 2.75) is 58.0 Å². The van der Waals surface area contributed by atoms with Gasteiger partial charge in [0, 0.05) is 6.61 Å². The molecule has 0 bridgehead atoms. The van der Waals surface area contributed by atoms with Gasteiger partial charge in [0.2, 0.25) is 5.91 Å². The van der Waals surface area contributed by atoms with Crippen LogP contribution in [0.15, 0.2) is 4.47 Å². The third-order valence-electron chi connectivity index (χ3n) is 3.98. The highest BCUT2D eigenvalue weighted by atomic mass is 79.9. The Hall–Kier alpha value is -1.09. The van der Waals surface area contributed by atoms with Crippen molar-refractivity contribution in [1.29, 1.82) is 0 Å². The van der Waals surface area contributed by atoms with Crippen LogP contribution in [0.4, 0.5) is 13.2 Å². The molecule has 1 aliphatic heterocycles. The molecule has 0 aliphatic carbocycles. The van der Waals surface area contributed by atoms with Gasteiger partial charge in [0.05, 0.1) is 22.3 Å². The molecule has 1 aromatic rings. The van der Waals surface area contributed by atoms with Crippen LogP contribution in [0.2, 0.25) is 0 Å². The zero-order valence-electron chi connectivity index (χ0n) is 13.1. The maximum atomic E-state index is 12.9. The summed E-state index contributed by atoms with van der Waals surface area (Å²) < 4.78 is 45.1. The van der Waals surface area contributed by atoms with E-state index < -0.39 is 17.9 Å². The minimum atomic E-state index is -4.57. The number of nitrogens with one attached hydrogen (secondary N) is 1. The van der Waals surface area contributed by atoms with Gasteiger partial charge in [-0.25, -0.2) is 0 Å². The van der Waals surface area contributed by atoms with E-state index in [-0.39, 0.29) is 28.2 Å². The standard InChI is InChI=1S/C14H19BrF3N3O2/c1-7(10-5-4-6-23-10)19-13(22)9(3)21-8(2)11(15)12(20-21)14(16,17)18/h7,9-10H,4-6H2,1-3H3,(H,19,22)/t7-,9-,10-/m0/s1. The van der Waals surface area contributed by atoms with E-state index in [9.17, 15) is 18.0 Å². The van der Waals surface area contributed by atoms with Gasteiger partial charge >= 0.3 is 6.18 Å². The molecule has 1 fully saturated rings. The number of alkyl halides is 3. The first kappa shape index (κ1) is 18.3. The summed E-state index contributed by atoms with van der Waals surface area (Å²) in [5.41, 5.74) is -0.772. The van der Waals surface area contributed by atoms with Crippen LogP contribution >= 0.6 is 15.9 Å². The summed E-state index contributed by atoms with van der Waals surface area (Å²) in [5, 5.41) is 6.35. The molecule has 0 unspecified atom stereocenters. The Balaban J connectivity index is 2.13. The molecular formula is C14H19BrF3N3O2. The second-order valence-corrected chi connectivity index (χ2v) is 6.51. The number of hydrogen-bond acceptors (Lipinski definition) is 3. The largest absolute Gasteiger partial charge is 0.436 e. The highest BCUT2D eigenvalue weighted by Crippen LogP contribution is 2.36. The van der Waals surface area contributed by atoms with Gasteiger partial charge in [-0.1, -0.05) is 0 Å². The molecule has 2 rings (SSSR count). The van der Waals surface area contributed by atoms with E-state index in [1.165, 1.54) is 13.8 Å². The van der Waals surface area contributed by atoms with Gasteiger partial charge in [0.1, 0.15) is 6.04 Å². The number of amides is 1. The quantitative estimate of drug-likeness (QED) is 0.848. The van der Waals surface area contributed by atoms with Gasteiger partial charge in [0.15, 0.2) is 5.69 Å². The molecule has 5 nitrogen and oxygen atoms in total. The minimum Gasteiger partial charge on any atom is -0.376 e. The molecule has 0 spiro atoms. The normalized spacial score (nSPS) is 21.3. The number of hydrogen-bond donors (Lipinski definition) is 1. The number of aromatic nitrogens is 2. The molecule has 130 valence electrons. The van der Waals surface area contributed by atoms with E-state index in [2.05, 4.69) is 26.3 Å². The van der Waals surface area contributed by atoms with Crippen molar-refractivity contribution in [3.8, 4) is 0 Å². The highest BCUT2D eigenvalue weighted by molar-refractivity contribution is 9.10. The molecule has 0 radical (unpaired) electrons. The Labute approximate surface area is 140 Å². The summed E-state index contributed by atoms with van der Waals surface area (Å²) >= 11 is 2.90. The van der Waals surface area contributed by atoms with Crippen molar-refractivity contribution in [2.75, 3.05) is 6.61 Å². The first-order valence-electron chi connectivity index (χ1n) is 7.36. The maximum Gasteiger partial charge on any atom is 0.436 e. The maximum absolute atomic E-state index is 12.9. The second-order valence-electron chi connectivity index (χ2n) is 5.72. The molecule has 2 heterocycles. The summed E-state index contributed by atoms with van der Waals surface area (Å²) in [6.07, 6.45) is -2.82. The molecule has 1 aliphatic rings. The lowest BCUT2D eigenvalue weighted by Gasteiger charge is -2.22. The predicted molar refractivity (Wildman–Crippen MR) is 81.0 cm³/mol. The zero-order chi connectivity index (χ0) is 17.4. The van der Waals surface area contributed by atoms with Crippen LogP contribution in [-0.2, 0) is 15.7 Å². The fraction of sp³-hybridized carbons (Fsp3) is 0.714. The zero-order valence-corrected chi connectivity index (χ0v) is 14.7. The van der Waals surface area contributed by atoms with Gasteiger partial charge in [0.25, 0.3) is 0 Å². The summed E-state index contributed by atoms with van der Waals surface area (Å²) in [5.74, 6) is -0.389. The van der Waals surface area contributed by atoms with Crippen LogP contribution in [0.1, 0.15) is 44.1 Å². The Morgan fingerprint density at radius 3 is 2.61 bits per heavy atom. The van der Waals surface area contributed by atoms with E-state index in [1.807, 2.05) is 6.92 Å². The SMILES string of the molecule is Cc1c(Br)c(C(F)(F)F)nn1[C@@H](C)C(=O)N[C@@H](C)[C@@H]1CCCO1. The van der Waals surface area contributed by atoms with Crippen molar-refractivity contribution < 1.29 is 22.7 Å². The number of carbonyl (C=O) groups is 1. The van der Waals surface area contributed by atoms with Gasteiger partial charge < -0.3 is 10.1 Å². The minimum absolute atomic E-state index is 0.0534. The predicted octanol–water partition coefficient (Wildman–Crippen LogP) is 3.22. The Morgan fingerprint density at radius 1 is 1.48 bits per heavy atom. The van der Waals surface area contributed by atoms with E-state index in [1.54, 1.807) is 0 Å². The summed E-state index contributed by atoms with van der Waals surface area (Å²) in [4.78, 5) is 12.3. The number of rotatable bonds is 4. The molecule has 1 saturated heterocycles. The second kappa shape index (κ2) is 6.80. The van der Waals surface area contributed by atoms with Crippen LogP contribution in [0.3, 0.4) is 0 Å². The third-order valence-corrected chi connectivity index (χ3v) is 4.93. The lowest BCUT2D eigenvalue weighted by atomic mass is 10.1. The van der Waals surface area contributed by atoms with Crippen molar-refractivity contribution in [2.24, 2.45) is 0 Å². The number of ether oxygens (including phenoxy) is 1. The smallest absolute Gasteiger partial charge is 0.376 e. The summed E-state index contributed by atoms with van der Waals surface area (Å²) in [6, 6.07) is -1.06. The third kappa shape index (κ3) is 3.88. The van der Waals surface area contributed by atoms with Crippen molar-refractivity contribution >= 4 is 21.8 Å². The lowest BCUT2D eigenvalue weighted by molar-refractivity contribution is -0.142. The van der Waals surface area contributed by atoms with E-state index in [0.29, 0.717) is 6.61 Å². The molecule has 0 saturated carbocycles. The molecule has 3 atom stereocenters. The van der Waals surface area contributed by atoms with Gasteiger partial charge in [-0.3, -0.25) is 9.48 Å². The van der Waals surface area contributed by atoms with Gasteiger partial charge in [-0.05, 0) is 49.5 Å². The topological polar surface area (TPSA) is 56.2 Å². The average Bonchev–Trinajstić information content (AvgIpc) is 3.07. The summed E-state index contributed by atoms with van der Waals surface area (Å²) in [7, 11) is 0. The number of halogens is 4. The first-order valence-corrected chi connectivity index (χ1v) is 8.16. The van der Waals surface area contributed by atoms with E-state index in [0.717, 1.165) is 17.5 Å². The van der Waals surface area contributed by atoms with Crippen molar-refractivity contribution in [1.82, 2.24) is 15.1 Å². The molecule has 0 aromatic carbocycles. The number of carbonyl (C=O) groups excluding carboxylic acids is 1. The van der Waals surface area contributed by atoms with E-state index in [4.69, 9.17) is 4.74 Å². The molecular weight excluding hydrogens is 379 g/mol. The lowest BCUT2D eigenvalue weighted by Crippen LogP contribution is -2.43.